The predicted molar refractivity (Wildman–Crippen MR) is 162 cm³/mol. The minimum Gasteiger partial charge on any atom is -0.491 e. The van der Waals surface area contributed by atoms with Gasteiger partial charge in [0.2, 0.25) is 5.82 Å². The molecule has 9 nitrogen and oxygen atoms in total. The van der Waals surface area contributed by atoms with Gasteiger partial charge in [-0.15, -0.1) is 0 Å². The number of carbonyl (C=O) groups is 2. The first-order valence-electron chi connectivity index (χ1n) is 14.2. The monoisotopic (exact) mass is 597 g/mol. The zero-order valence-corrected chi connectivity index (χ0v) is 24.7. The highest BCUT2D eigenvalue weighted by Crippen LogP contribution is 2.27. The molecule has 1 atom stereocenters. The van der Waals surface area contributed by atoms with Crippen LogP contribution < -0.4 is 10.1 Å². The number of hydrogen-bond acceptors (Lipinski definition) is 7. The molecule has 5 aromatic rings. The predicted octanol–water partition coefficient (Wildman–Crippen LogP) is 7.14. The Labute approximate surface area is 253 Å². The van der Waals surface area contributed by atoms with E-state index in [1.54, 1.807) is 36.4 Å². The molecular weight excluding hydrogens is 565 g/mol. The van der Waals surface area contributed by atoms with Crippen molar-refractivity contribution in [2.45, 2.75) is 52.2 Å². The number of benzene rings is 3. The average molecular weight is 598 g/mol. The van der Waals surface area contributed by atoms with Gasteiger partial charge in [-0.25, -0.2) is 9.18 Å². The lowest BCUT2D eigenvalue weighted by Crippen LogP contribution is -2.42. The zero-order chi connectivity index (χ0) is 31.4. The average Bonchev–Trinajstić information content (AvgIpc) is 3.68. The third-order valence-electron chi connectivity index (χ3n) is 6.91. The Bertz CT molecular complexity index is 1760. The van der Waals surface area contributed by atoms with Crippen molar-refractivity contribution in [3.63, 3.8) is 0 Å². The summed E-state index contributed by atoms with van der Waals surface area (Å²) in [5.74, 6) is -0.844. The molecule has 3 aromatic carbocycles. The number of carbonyl (C=O) groups excluding carboxylic acids is 1. The van der Waals surface area contributed by atoms with Gasteiger partial charge in [0.15, 0.2) is 5.76 Å². The molecule has 1 amide bonds. The van der Waals surface area contributed by atoms with Crippen LogP contribution in [0.15, 0.2) is 87.8 Å². The van der Waals surface area contributed by atoms with Crippen molar-refractivity contribution in [3.8, 4) is 39.9 Å². The van der Waals surface area contributed by atoms with Crippen molar-refractivity contribution in [1.82, 2.24) is 15.5 Å². The van der Waals surface area contributed by atoms with Crippen LogP contribution in [0, 0.1) is 5.82 Å². The molecule has 10 heteroatoms. The van der Waals surface area contributed by atoms with Crippen LogP contribution in [-0.4, -0.2) is 39.3 Å². The van der Waals surface area contributed by atoms with Crippen LogP contribution in [0.4, 0.5) is 4.39 Å². The summed E-state index contributed by atoms with van der Waals surface area (Å²) in [4.78, 5) is 29.2. The smallest absolute Gasteiger partial charge is 0.326 e. The lowest BCUT2D eigenvalue weighted by molar-refractivity contribution is -0.139. The SMILES string of the molecule is CC(C)Oc1ccc(-c2nc(-c3ccc(CC(NC(=O)c4ccc(-c5ccc(C(C)C)cc5)o4)C(=O)O)cc3F)no2)cc1. The number of carboxylic acid groups (broad SMARTS) is 1. The number of aliphatic carboxylic acids is 1. The third-order valence-corrected chi connectivity index (χ3v) is 6.91. The Balaban J connectivity index is 1.25. The van der Waals surface area contributed by atoms with Crippen LogP contribution in [0.5, 0.6) is 5.75 Å². The zero-order valence-electron chi connectivity index (χ0n) is 24.7. The van der Waals surface area contributed by atoms with Crippen LogP contribution in [0.1, 0.15) is 55.3 Å². The quantitative estimate of drug-likeness (QED) is 0.164. The number of nitrogens with one attached hydrogen (secondary N) is 1. The van der Waals surface area contributed by atoms with Crippen molar-refractivity contribution < 1.29 is 32.8 Å². The van der Waals surface area contributed by atoms with Gasteiger partial charge in [-0.3, -0.25) is 4.79 Å². The molecule has 1 unspecified atom stereocenters. The molecule has 2 N–H and O–H groups in total. The summed E-state index contributed by atoms with van der Waals surface area (Å²) >= 11 is 0. The van der Waals surface area contributed by atoms with E-state index in [0.717, 1.165) is 5.56 Å². The number of aromatic nitrogens is 2. The summed E-state index contributed by atoms with van der Waals surface area (Å²) in [6, 6.07) is 20.9. The standard InChI is InChI=1S/C34H32FN3O6/c1-19(2)22-6-8-23(9-7-22)29-15-16-30(43-29)32(39)36-28(34(40)41)18-21-5-14-26(27(35)17-21)31-37-33(44-38-31)24-10-12-25(13-11-24)42-20(3)4/h5-17,19-20,28H,18H2,1-4H3,(H,36,39)(H,40,41). The second-order valence-electron chi connectivity index (χ2n) is 10.9. The molecule has 0 radical (unpaired) electrons. The molecule has 0 fully saturated rings. The van der Waals surface area contributed by atoms with Crippen molar-refractivity contribution in [1.29, 1.82) is 0 Å². The molecule has 44 heavy (non-hydrogen) atoms. The van der Waals surface area contributed by atoms with Crippen molar-refractivity contribution in [3.05, 3.63) is 102 Å². The van der Waals surface area contributed by atoms with Gasteiger partial charge >= 0.3 is 5.97 Å². The summed E-state index contributed by atoms with van der Waals surface area (Å²) in [6.07, 6.45) is -0.128. The topological polar surface area (TPSA) is 128 Å². The molecule has 0 aliphatic rings. The number of rotatable bonds is 11. The second kappa shape index (κ2) is 12.9. The Kier molecular flexibility index (Phi) is 8.89. The third kappa shape index (κ3) is 7.03. The fourth-order valence-corrected chi connectivity index (χ4v) is 4.58. The molecular formula is C34H32FN3O6. The Morgan fingerprint density at radius 1 is 0.932 bits per heavy atom. The maximum Gasteiger partial charge on any atom is 0.326 e. The number of nitrogens with zero attached hydrogens (tertiary/aromatic N) is 2. The number of furan rings is 1. The first-order valence-corrected chi connectivity index (χ1v) is 14.2. The maximum atomic E-state index is 15.1. The van der Waals surface area contributed by atoms with Gasteiger partial charge in [-0.1, -0.05) is 49.3 Å². The summed E-state index contributed by atoms with van der Waals surface area (Å²) in [6.45, 7) is 8.06. The van der Waals surface area contributed by atoms with Gasteiger partial charge in [0.25, 0.3) is 11.8 Å². The van der Waals surface area contributed by atoms with E-state index < -0.39 is 23.7 Å². The van der Waals surface area contributed by atoms with Crippen molar-refractivity contribution >= 4 is 11.9 Å². The van der Waals surface area contributed by atoms with Gasteiger partial charge in [0, 0.05) is 17.5 Å². The Morgan fingerprint density at radius 3 is 2.27 bits per heavy atom. The van der Waals surface area contributed by atoms with E-state index in [-0.39, 0.29) is 35.6 Å². The summed E-state index contributed by atoms with van der Waals surface area (Å²) in [7, 11) is 0. The Hall–Kier alpha value is -5.25. The van der Waals surface area contributed by atoms with Crippen LogP contribution in [0.2, 0.25) is 0 Å². The number of ether oxygens (including phenoxy) is 1. The number of hydrogen-bond donors (Lipinski definition) is 2. The number of amides is 1. The number of halogens is 1. The summed E-state index contributed by atoms with van der Waals surface area (Å²) < 4.78 is 31.8. The normalized spacial score (nSPS) is 12.0. The maximum absolute atomic E-state index is 15.1. The summed E-state index contributed by atoms with van der Waals surface area (Å²) in [5, 5.41) is 16.1. The highest BCUT2D eigenvalue weighted by Gasteiger charge is 2.24. The van der Waals surface area contributed by atoms with Gasteiger partial charge in [0.1, 0.15) is 23.4 Å². The largest absolute Gasteiger partial charge is 0.491 e. The molecule has 2 aromatic heterocycles. The van der Waals surface area contributed by atoms with Gasteiger partial charge in [-0.05, 0) is 79.4 Å². The second-order valence-corrected chi connectivity index (χ2v) is 10.9. The molecule has 0 spiro atoms. The van der Waals surface area contributed by atoms with Crippen molar-refractivity contribution in [2.24, 2.45) is 0 Å². The minimum absolute atomic E-state index is 0.0317. The van der Waals surface area contributed by atoms with Crippen LogP contribution in [0.3, 0.4) is 0 Å². The number of carboxylic acids is 1. The molecule has 5 rings (SSSR count). The Morgan fingerprint density at radius 2 is 1.64 bits per heavy atom. The van der Waals surface area contributed by atoms with E-state index in [0.29, 0.717) is 28.6 Å². The lowest BCUT2D eigenvalue weighted by atomic mass is 10.0. The molecule has 0 aliphatic heterocycles. The first-order chi connectivity index (χ1) is 21.1. The van der Waals surface area contributed by atoms with E-state index in [4.69, 9.17) is 13.7 Å². The molecule has 226 valence electrons. The minimum atomic E-state index is -1.33. The van der Waals surface area contributed by atoms with E-state index in [1.807, 2.05) is 38.1 Å². The van der Waals surface area contributed by atoms with Gasteiger partial charge < -0.3 is 24.1 Å². The molecule has 0 saturated carbocycles. The van der Waals surface area contributed by atoms with Crippen molar-refractivity contribution in [2.75, 3.05) is 0 Å². The highest BCUT2D eigenvalue weighted by atomic mass is 19.1. The van der Waals surface area contributed by atoms with Gasteiger partial charge in [-0.2, -0.15) is 4.98 Å². The lowest BCUT2D eigenvalue weighted by Gasteiger charge is -2.14. The van der Waals surface area contributed by atoms with E-state index in [1.165, 1.54) is 23.8 Å². The van der Waals surface area contributed by atoms with Crippen LogP contribution >= 0.6 is 0 Å². The first kappa shape index (κ1) is 30.2. The van der Waals surface area contributed by atoms with E-state index in [2.05, 4.69) is 29.3 Å². The molecule has 0 saturated heterocycles. The van der Waals surface area contributed by atoms with E-state index in [9.17, 15) is 14.7 Å². The fourth-order valence-electron chi connectivity index (χ4n) is 4.58. The van der Waals surface area contributed by atoms with E-state index >= 15 is 4.39 Å². The molecule has 0 aliphatic carbocycles. The molecule has 2 heterocycles. The molecule has 0 bridgehead atoms. The summed E-state index contributed by atoms with van der Waals surface area (Å²) in [5.41, 5.74) is 3.05. The van der Waals surface area contributed by atoms with Crippen LogP contribution in [0.25, 0.3) is 34.2 Å². The van der Waals surface area contributed by atoms with Crippen LogP contribution in [-0.2, 0) is 11.2 Å². The fraction of sp³-hybridized carbons (Fsp3) is 0.235. The van der Waals surface area contributed by atoms with Gasteiger partial charge in [0.05, 0.1) is 11.7 Å². The highest BCUT2D eigenvalue weighted by molar-refractivity contribution is 5.94.